The van der Waals surface area contributed by atoms with Crippen LogP contribution in [0.5, 0.6) is 0 Å². The molecule has 0 aliphatic heterocycles. The Balaban J connectivity index is 2.55. The van der Waals surface area contributed by atoms with Gasteiger partial charge < -0.3 is 9.47 Å². The van der Waals surface area contributed by atoms with E-state index in [0.29, 0.717) is 13.0 Å². The Hall–Kier alpha value is -1.19. The van der Waals surface area contributed by atoms with Crippen molar-refractivity contribution in [1.29, 1.82) is 0 Å². The van der Waals surface area contributed by atoms with Crippen LogP contribution >= 0.6 is 0 Å². The fraction of sp³-hybridized carbons (Fsp3) is 0.417. The molecule has 0 aliphatic rings. The molecule has 3 heteroatoms. The molecular formula is C12H16O3. The number of Topliss-reactive ketones (excluding diaryl/α,β-unsaturated/α-hetero) is 1. The molecule has 15 heavy (non-hydrogen) atoms. The van der Waals surface area contributed by atoms with E-state index in [4.69, 9.17) is 9.47 Å². The van der Waals surface area contributed by atoms with Crippen LogP contribution in [-0.2, 0) is 9.47 Å². The van der Waals surface area contributed by atoms with E-state index in [2.05, 4.69) is 0 Å². The summed E-state index contributed by atoms with van der Waals surface area (Å²) in [6.07, 6.45) is 0.191. The second kappa shape index (κ2) is 6.32. The number of hydrogen-bond acceptors (Lipinski definition) is 3. The molecule has 0 bridgehead atoms. The normalized spacial score (nSPS) is 12.4. The van der Waals surface area contributed by atoms with E-state index in [0.717, 1.165) is 5.56 Å². The van der Waals surface area contributed by atoms with E-state index in [9.17, 15) is 4.79 Å². The molecule has 82 valence electrons. The highest BCUT2D eigenvalue weighted by molar-refractivity contribution is 5.96. The fourth-order valence-electron chi connectivity index (χ4n) is 1.34. The van der Waals surface area contributed by atoms with E-state index < -0.39 is 0 Å². The van der Waals surface area contributed by atoms with Gasteiger partial charge in [-0.2, -0.15) is 0 Å². The molecule has 1 aromatic carbocycles. The number of carbonyl (C=O) groups excluding carboxylic acids is 1. The molecule has 3 nitrogen and oxygen atoms in total. The first-order chi connectivity index (χ1) is 7.27. The molecule has 0 saturated carbocycles. The van der Waals surface area contributed by atoms with E-state index in [1.54, 1.807) is 14.2 Å². The van der Waals surface area contributed by atoms with Crippen molar-refractivity contribution in [1.82, 2.24) is 0 Å². The highest BCUT2D eigenvalue weighted by atomic mass is 16.5. The highest BCUT2D eigenvalue weighted by Gasteiger charge is 2.13. The van der Waals surface area contributed by atoms with Crippen LogP contribution in [0, 0.1) is 0 Å². The summed E-state index contributed by atoms with van der Waals surface area (Å²) >= 11 is 0. The molecule has 0 unspecified atom stereocenters. The molecule has 0 spiro atoms. The van der Waals surface area contributed by atoms with Crippen LogP contribution in [0.4, 0.5) is 0 Å². The first-order valence-electron chi connectivity index (χ1n) is 4.88. The standard InChI is InChI=1S/C12H16O3/c1-14-9-11(15-2)8-12(13)10-6-4-3-5-7-10/h3-7,11H,8-9H2,1-2H3/t11-/m1/s1. The third kappa shape index (κ3) is 3.81. The van der Waals surface area contributed by atoms with Gasteiger partial charge in [0, 0.05) is 26.2 Å². The number of methoxy groups -OCH3 is 2. The van der Waals surface area contributed by atoms with Crippen molar-refractivity contribution >= 4 is 5.78 Å². The second-order valence-corrected chi connectivity index (χ2v) is 3.31. The van der Waals surface area contributed by atoms with Gasteiger partial charge in [0.25, 0.3) is 0 Å². The first kappa shape index (κ1) is 11.9. The van der Waals surface area contributed by atoms with Gasteiger partial charge >= 0.3 is 0 Å². The number of rotatable bonds is 6. The molecule has 0 radical (unpaired) electrons. The van der Waals surface area contributed by atoms with E-state index in [1.165, 1.54) is 0 Å². The molecular weight excluding hydrogens is 192 g/mol. The van der Waals surface area contributed by atoms with Crippen LogP contribution in [0.15, 0.2) is 30.3 Å². The lowest BCUT2D eigenvalue weighted by atomic mass is 10.1. The quantitative estimate of drug-likeness (QED) is 0.670. The Kier molecular flexibility index (Phi) is 5.01. The van der Waals surface area contributed by atoms with Gasteiger partial charge in [-0.1, -0.05) is 30.3 Å². The summed E-state index contributed by atoms with van der Waals surface area (Å²) < 4.78 is 10.1. The van der Waals surface area contributed by atoms with Gasteiger partial charge in [0.2, 0.25) is 0 Å². The number of carbonyl (C=O) groups is 1. The first-order valence-corrected chi connectivity index (χ1v) is 4.88. The van der Waals surface area contributed by atoms with Crippen molar-refractivity contribution < 1.29 is 14.3 Å². The molecule has 1 atom stereocenters. The fourth-order valence-corrected chi connectivity index (χ4v) is 1.34. The third-order valence-corrected chi connectivity index (χ3v) is 2.19. The summed E-state index contributed by atoms with van der Waals surface area (Å²) in [5.74, 6) is 0.0829. The molecule has 0 saturated heterocycles. The second-order valence-electron chi connectivity index (χ2n) is 3.31. The zero-order valence-corrected chi connectivity index (χ0v) is 9.10. The molecule has 0 N–H and O–H groups in total. The lowest BCUT2D eigenvalue weighted by Gasteiger charge is -2.12. The lowest BCUT2D eigenvalue weighted by Crippen LogP contribution is -2.21. The zero-order valence-electron chi connectivity index (χ0n) is 9.10. The highest BCUT2D eigenvalue weighted by Crippen LogP contribution is 2.07. The Morgan fingerprint density at radius 1 is 1.27 bits per heavy atom. The maximum atomic E-state index is 11.8. The average molecular weight is 208 g/mol. The molecule has 1 rings (SSSR count). The van der Waals surface area contributed by atoms with Crippen LogP contribution in [0.1, 0.15) is 16.8 Å². The molecule has 1 aromatic rings. The topological polar surface area (TPSA) is 35.5 Å². The van der Waals surface area contributed by atoms with Gasteiger partial charge in [-0.05, 0) is 0 Å². The van der Waals surface area contributed by atoms with E-state index in [1.807, 2.05) is 30.3 Å². The van der Waals surface area contributed by atoms with Gasteiger partial charge in [-0.25, -0.2) is 0 Å². The van der Waals surface area contributed by atoms with Gasteiger partial charge in [-0.15, -0.1) is 0 Å². The van der Waals surface area contributed by atoms with Gasteiger partial charge in [-0.3, -0.25) is 4.79 Å². The van der Waals surface area contributed by atoms with Crippen LogP contribution in [0.25, 0.3) is 0 Å². The van der Waals surface area contributed by atoms with Gasteiger partial charge in [0.05, 0.1) is 12.7 Å². The zero-order chi connectivity index (χ0) is 11.1. The molecule has 0 heterocycles. The summed E-state index contributed by atoms with van der Waals surface area (Å²) in [5.41, 5.74) is 0.718. The summed E-state index contributed by atoms with van der Waals surface area (Å²) in [6.45, 7) is 0.440. The molecule has 0 amide bonds. The molecule has 0 fully saturated rings. The largest absolute Gasteiger partial charge is 0.382 e. The summed E-state index contributed by atoms with van der Waals surface area (Å²) in [6, 6.07) is 9.21. The Morgan fingerprint density at radius 2 is 1.93 bits per heavy atom. The smallest absolute Gasteiger partial charge is 0.165 e. The average Bonchev–Trinajstić information content (AvgIpc) is 2.29. The van der Waals surface area contributed by atoms with E-state index in [-0.39, 0.29) is 11.9 Å². The molecule has 0 aliphatic carbocycles. The maximum Gasteiger partial charge on any atom is 0.165 e. The summed E-state index contributed by atoms with van der Waals surface area (Å²) in [4.78, 5) is 11.8. The minimum atomic E-state index is -0.164. The van der Waals surface area contributed by atoms with Crippen molar-refractivity contribution in [3.05, 3.63) is 35.9 Å². The van der Waals surface area contributed by atoms with Crippen LogP contribution < -0.4 is 0 Å². The Bertz CT molecular complexity index is 295. The van der Waals surface area contributed by atoms with Crippen molar-refractivity contribution in [3.8, 4) is 0 Å². The summed E-state index contributed by atoms with van der Waals surface area (Å²) in [7, 11) is 3.18. The molecule has 0 aromatic heterocycles. The predicted octanol–water partition coefficient (Wildman–Crippen LogP) is 1.92. The van der Waals surface area contributed by atoms with Crippen molar-refractivity contribution in [2.24, 2.45) is 0 Å². The number of hydrogen-bond donors (Lipinski definition) is 0. The van der Waals surface area contributed by atoms with E-state index >= 15 is 0 Å². The van der Waals surface area contributed by atoms with Gasteiger partial charge in [0.15, 0.2) is 5.78 Å². The van der Waals surface area contributed by atoms with Crippen LogP contribution in [0.2, 0.25) is 0 Å². The maximum absolute atomic E-state index is 11.8. The minimum absolute atomic E-state index is 0.0829. The lowest BCUT2D eigenvalue weighted by molar-refractivity contribution is 0.0238. The minimum Gasteiger partial charge on any atom is -0.382 e. The third-order valence-electron chi connectivity index (χ3n) is 2.19. The van der Waals surface area contributed by atoms with Crippen LogP contribution in [0.3, 0.4) is 0 Å². The summed E-state index contributed by atoms with van der Waals surface area (Å²) in [5, 5.41) is 0. The Morgan fingerprint density at radius 3 is 2.47 bits per heavy atom. The van der Waals surface area contributed by atoms with Crippen molar-refractivity contribution in [2.45, 2.75) is 12.5 Å². The van der Waals surface area contributed by atoms with Crippen molar-refractivity contribution in [3.63, 3.8) is 0 Å². The monoisotopic (exact) mass is 208 g/mol. The number of ether oxygens (including phenoxy) is 2. The number of ketones is 1. The predicted molar refractivity (Wildman–Crippen MR) is 58.1 cm³/mol. The van der Waals surface area contributed by atoms with Crippen molar-refractivity contribution in [2.75, 3.05) is 20.8 Å². The van der Waals surface area contributed by atoms with Crippen LogP contribution in [-0.4, -0.2) is 32.7 Å². The Labute approximate surface area is 90.0 Å². The van der Waals surface area contributed by atoms with Gasteiger partial charge in [0.1, 0.15) is 0 Å². The SMILES string of the molecule is COC[C@@H](CC(=O)c1ccccc1)OC. The number of benzene rings is 1.